The van der Waals surface area contributed by atoms with Crippen LogP contribution in [-0.4, -0.2) is 12.5 Å². The molecule has 1 aliphatic heterocycles. The number of allylic oxidation sites excluding steroid dienone is 1. The lowest BCUT2D eigenvalue weighted by Gasteiger charge is -1.87. The van der Waals surface area contributed by atoms with Gasteiger partial charge in [-0.05, 0) is 0 Å². The average molecular weight is 126 g/mol. The van der Waals surface area contributed by atoms with E-state index in [2.05, 4.69) is 16.5 Å². The maximum absolute atomic E-state index is 11.7. The smallest absolute Gasteiger partial charge is 0.134 e. The van der Waals surface area contributed by atoms with Gasteiger partial charge in [0.1, 0.15) is 24.4 Å². The molecule has 1 heterocycles. The lowest BCUT2D eigenvalue weighted by molar-refractivity contribution is 0.539. The van der Waals surface area contributed by atoms with Crippen LogP contribution >= 0.6 is 0 Å². The molecule has 0 unspecified atom stereocenters. The zero-order valence-electron chi connectivity index (χ0n) is 5.19. The molecule has 2 nitrogen and oxygen atoms in total. The molecule has 1 aliphatic rings. The van der Waals surface area contributed by atoms with Gasteiger partial charge in [0.15, 0.2) is 0 Å². The third-order valence-electron chi connectivity index (χ3n) is 1.02. The molecular formula is C6H7FN2. The molecule has 48 valence electrons. The van der Waals surface area contributed by atoms with Crippen LogP contribution in [-0.2, 0) is 0 Å². The number of rotatable bonds is 2. The van der Waals surface area contributed by atoms with Gasteiger partial charge < -0.3 is 0 Å². The molecule has 0 amide bonds. The zero-order chi connectivity index (χ0) is 6.69. The van der Waals surface area contributed by atoms with Crippen molar-refractivity contribution in [2.45, 2.75) is 13.3 Å². The van der Waals surface area contributed by atoms with E-state index in [0.717, 1.165) is 6.42 Å². The number of alkyl halides is 1. The van der Waals surface area contributed by atoms with E-state index in [1.807, 2.05) is 6.92 Å². The molecule has 0 bridgehead atoms. The summed E-state index contributed by atoms with van der Waals surface area (Å²) < 4.78 is 11.7. The third-order valence-corrected chi connectivity index (χ3v) is 1.02. The van der Waals surface area contributed by atoms with Crippen molar-refractivity contribution in [2.75, 3.05) is 6.67 Å². The van der Waals surface area contributed by atoms with E-state index in [9.17, 15) is 4.39 Å². The van der Waals surface area contributed by atoms with Crippen LogP contribution in [0, 0.1) is 6.20 Å². The summed E-state index contributed by atoms with van der Waals surface area (Å²) >= 11 is 0. The van der Waals surface area contributed by atoms with Gasteiger partial charge in [0.2, 0.25) is 0 Å². The molecule has 0 atom stereocenters. The second kappa shape index (κ2) is 2.62. The van der Waals surface area contributed by atoms with E-state index in [-0.39, 0.29) is 0 Å². The van der Waals surface area contributed by atoms with Crippen molar-refractivity contribution in [3.8, 4) is 0 Å². The van der Waals surface area contributed by atoms with Crippen molar-refractivity contribution in [3.05, 3.63) is 11.9 Å². The van der Waals surface area contributed by atoms with E-state index in [0.29, 0.717) is 11.5 Å². The van der Waals surface area contributed by atoms with Crippen LogP contribution in [0.15, 0.2) is 10.7 Å². The second-order valence-corrected chi connectivity index (χ2v) is 1.69. The van der Waals surface area contributed by atoms with Crippen LogP contribution in [0.25, 0.3) is 0 Å². The Bertz CT molecular complexity index is 160. The molecule has 0 fully saturated rings. The molecule has 0 aromatic carbocycles. The van der Waals surface area contributed by atoms with Crippen molar-refractivity contribution in [1.82, 2.24) is 5.32 Å². The van der Waals surface area contributed by atoms with E-state index in [4.69, 9.17) is 0 Å². The maximum Gasteiger partial charge on any atom is 0.134 e. The fourth-order valence-electron chi connectivity index (χ4n) is 0.553. The largest absolute Gasteiger partial charge is 0.244 e. The summed E-state index contributed by atoms with van der Waals surface area (Å²) in [6.45, 7) is 1.36. The molecule has 1 rings (SSSR count). The predicted octanol–water partition coefficient (Wildman–Crippen LogP) is 1.03. The molecule has 0 N–H and O–H groups in total. The zero-order valence-corrected chi connectivity index (χ0v) is 5.19. The van der Waals surface area contributed by atoms with Crippen molar-refractivity contribution in [3.63, 3.8) is 0 Å². The highest BCUT2D eigenvalue weighted by Gasteiger charge is 2.06. The minimum Gasteiger partial charge on any atom is -0.244 e. The Hall–Kier alpha value is -0.860. The van der Waals surface area contributed by atoms with E-state index in [1.165, 1.54) is 0 Å². The summed E-state index contributed by atoms with van der Waals surface area (Å²) in [5.74, 6) is 0.669. The highest BCUT2D eigenvalue weighted by atomic mass is 19.1. The van der Waals surface area contributed by atoms with Gasteiger partial charge in [0.05, 0.1) is 0 Å². The number of hydrogen-bond acceptors (Lipinski definition) is 1. The first-order valence-corrected chi connectivity index (χ1v) is 2.83. The highest BCUT2D eigenvalue weighted by Crippen LogP contribution is 2.04. The fourth-order valence-corrected chi connectivity index (χ4v) is 0.553. The summed E-state index contributed by atoms with van der Waals surface area (Å²) in [6.07, 6.45) is 3.22. The Morgan fingerprint density at radius 1 is 1.67 bits per heavy atom. The van der Waals surface area contributed by atoms with Gasteiger partial charge in [-0.2, -0.15) is 0 Å². The number of aliphatic imine (C=N–C) groups is 1. The number of hydrogen-bond donors (Lipinski definition) is 0. The Kier molecular flexibility index (Phi) is 1.82. The Labute approximate surface area is 53.5 Å². The first-order valence-electron chi connectivity index (χ1n) is 2.83. The van der Waals surface area contributed by atoms with Crippen molar-refractivity contribution >= 4 is 5.84 Å². The lowest BCUT2D eigenvalue weighted by Crippen LogP contribution is -2.02. The first kappa shape index (κ1) is 6.26. The van der Waals surface area contributed by atoms with Crippen LogP contribution in [0.3, 0.4) is 0 Å². The van der Waals surface area contributed by atoms with Crippen LogP contribution in [0.5, 0.6) is 0 Å². The Morgan fingerprint density at radius 3 is 2.78 bits per heavy atom. The van der Waals surface area contributed by atoms with E-state index in [1.54, 1.807) is 0 Å². The van der Waals surface area contributed by atoms with Crippen LogP contribution in [0.4, 0.5) is 4.39 Å². The molecule has 0 aromatic rings. The van der Waals surface area contributed by atoms with Gasteiger partial charge in [0, 0.05) is 6.42 Å². The standard InChI is InChI=1S/C6H7FN2/c1-2-6-8-4-5(3-7)9-6/h2-3H2,1H3. The van der Waals surface area contributed by atoms with Gasteiger partial charge in [-0.25, -0.2) is 14.7 Å². The highest BCUT2D eigenvalue weighted by molar-refractivity contribution is 5.84. The summed E-state index contributed by atoms with van der Waals surface area (Å²) in [5, 5.41) is 3.73. The average Bonchev–Trinajstić information content (AvgIpc) is 2.34. The Morgan fingerprint density at radius 2 is 2.44 bits per heavy atom. The van der Waals surface area contributed by atoms with Gasteiger partial charge in [-0.1, -0.05) is 6.92 Å². The van der Waals surface area contributed by atoms with Crippen LogP contribution in [0.1, 0.15) is 13.3 Å². The SMILES string of the molecule is CCC1=NC(CF)=[C][N]1. The predicted molar refractivity (Wildman–Crippen MR) is 32.6 cm³/mol. The second-order valence-electron chi connectivity index (χ2n) is 1.69. The minimum absolute atomic E-state index is 0.312. The van der Waals surface area contributed by atoms with Gasteiger partial charge in [0.25, 0.3) is 0 Å². The van der Waals surface area contributed by atoms with Crippen LogP contribution < -0.4 is 5.32 Å². The van der Waals surface area contributed by atoms with Crippen molar-refractivity contribution in [2.24, 2.45) is 4.99 Å². The number of halogens is 1. The summed E-state index contributed by atoms with van der Waals surface area (Å²) in [6, 6.07) is 0. The number of nitrogens with zero attached hydrogens (tertiary/aromatic N) is 2. The monoisotopic (exact) mass is 126 g/mol. The van der Waals surface area contributed by atoms with E-state index < -0.39 is 6.67 Å². The molecular weight excluding hydrogens is 119 g/mol. The molecule has 0 saturated carbocycles. The number of amidine groups is 1. The molecule has 0 aromatic heterocycles. The summed E-state index contributed by atoms with van der Waals surface area (Å²) in [7, 11) is 0. The minimum atomic E-state index is -0.562. The topological polar surface area (TPSA) is 26.5 Å². The third kappa shape index (κ3) is 1.28. The molecule has 0 saturated heterocycles. The molecule has 9 heavy (non-hydrogen) atoms. The summed E-state index contributed by atoms with van der Waals surface area (Å²) in [4.78, 5) is 3.81. The normalized spacial score (nSPS) is 16.7. The first-order chi connectivity index (χ1) is 4.36. The quantitative estimate of drug-likeness (QED) is 0.528. The van der Waals surface area contributed by atoms with Crippen molar-refractivity contribution in [1.29, 1.82) is 0 Å². The van der Waals surface area contributed by atoms with Gasteiger partial charge >= 0.3 is 0 Å². The van der Waals surface area contributed by atoms with Gasteiger partial charge in [-0.3, -0.25) is 0 Å². The molecule has 3 heteroatoms. The summed E-state index contributed by atoms with van der Waals surface area (Å²) in [5.41, 5.74) is 0.312. The van der Waals surface area contributed by atoms with Crippen molar-refractivity contribution < 1.29 is 4.39 Å². The Balaban J connectivity index is 2.52. The van der Waals surface area contributed by atoms with Gasteiger partial charge in [-0.15, -0.1) is 0 Å². The molecule has 0 spiro atoms. The fraction of sp³-hybridized carbons (Fsp3) is 0.500. The molecule has 0 aliphatic carbocycles. The maximum atomic E-state index is 11.7. The molecule has 2 radical (unpaired) electrons. The van der Waals surface area contributed by atoms with Crippen LogP contribution in [0.2, 0.25) is 0 Å². The van der Waals surface area contributed by atoms with E-state index >= 15 is 0 Å². The lowest BCUT2D eigenvalue weighted by atomic mass is 10.4.